The van der Waals surface area contributed by atoms with E-state index in [4.69, 9.17) is 23.2 Å². The van der Waals surface area contributed by atoms with Crippen molar-refractivity contribution in [2.45, 2.75) is 26.7 Å². The number of benzene rings is 1. The van der Waals surface area contributed by atoms with Crippen LogP contribution >= 0.6 is 23.2 Å². The first-order valence-electron chi connectivity index (χ1n) is 5.42. The van der Waals surface area contributed by atoms with Gasteiger partial charge in [-0.15, -0.1) is 11.6 Å². The van der Waals surface area contributed by atoms with Crippen molar-refractivity contribution in [2.75, 3.05) is 0 Å². The maximum absolute atomic E-state index is 6.15. The van der Waals surface area contributed by atoms with Gasteiger partial charge in [0.2, 0.25) is 0 Å². The Morgan fingerprint density at radius 2 is 1.94 bits per heavy atom. The van der Waals surface area contributed by atoms with E-state index in [9.17, 15) is 0 Å². The molecule has 2 rings (SSSR count). The van der Waals surface area contributed by atoms with Crippen LogP contribution in [0.5, 0.6) is 0 Å². The first-order chi connectivity index (χ1) is 8.04. The fraction of sp³-hybridized carbons (Fsp3) is 0.308. The smallest absolute Gasteiger partial charge is 0.0848 e. The lowest BCUT2D eigenvalue weighted by atomic mass is 10.1. The molecular weight excluding hydrogens is 255 g/mol. The van der Waals surface area contributed by atoms with Crippen molar-refractivity contribution in [2.24, 2.45) is 0 Å². The van der Waals surface area contributed by atoms with Gasteiger partial charge in [-0.1, -0.05) is 23.7 Å². The number of alkyl halides is 1. The Morgan fingerprint density at radius 1 is 1.24 bits per heavy atom. The molecule has 0 unspecified atom stereocenters. The zero-order chi connectivity index (χ0) is 12.6. The van der Waals surface area contributed by atoms with Gasteiger partial charge in [0.05, 0.1) is 22.1 Å². The summed E-state index contributed by atoms with van der Waals surface area (Å²) in [5.41, 5.74) is 5.12. The minimum atomic E-state index is 0.527. The van der Waals surface area contributed by atoms with Gasteiger partial charge in [0.15, 0.2) is 0 Å². The molecule has 17 heavy (non-hydrogen) atoms. The molecule has 90 valence electrons. The second-order valence-corrected chi connectivity index (χ2v) is 4.80. The average molecular weight is 269 g/mol. The van der Waals surface area contributed by atoms with Gasteiger partial charge in [-0.25, -0.2) is 4.68 Å². The van der Waals surface area contributed by atoms with Crippen LogP contribution in [0.3, 0.4) is 0 Å². The van der Waals surface area contributed by atoms with Gasteiger partial charge >= 0.3 is 0 Å². The molecular formula is C13H14Cl2N2. The van der Waals surface area contributed by atoms with E-state index in [1.165, 1.54) is 0 Å². The standard InChI is InChI=1S/C13H14Cl2N2/c1-8-6-11(7-14)4-5-12(8)17-10(3)13(15)9(2)16-17/h4-6H,7H2,1-3H3. The summed E-state index contributed by atoms with van der Waals surface area (Å²) in [7, 11) is 0. The summed E-state index contributed by atoms with van der Waals surface area (Å²) < 4.78 is 1.88. The molecule has 0 spiro atoms. The highest BCUT2D eigenvalue weighted by Crippen LogP contribution is 2.24. The lowest BCUT2D eigenvalue weighted by molar-refractivity contribution is 0.827. The summed E-state index contributed by atoms with van der Waals surface area (Å²) in [5, 5.41) is 5.18. The number of aromatic nitrogens is 2. The highest BCUT2D eigenvalue weighted by atomic mass is 35.5. The maximum atomic E-state index is 6.15. The van der Waals surface area contributed by atoms with Crippen LogP contribution < -0.4 is 0 Å². The lowest BCUT2D eigenvalue weighted by Crippen LogP contribution is -2.02. The van der Waals surface area contributed by atoms with Crippen molar-refractivity contribution < 1.29 is 0 Å². The minimum absolute atomic E-state index is 0.527. The maximum Gasteiger partial charge on any atom is 0.0848 e. The Morgan fingerprint density at radius 3 is 2.41 bits per heavy atom. The van der Waals surface area contributed by atoms with Gasteiger partial charge in [0.1, 0.15) is 0 Å². The van der Waals surface area contributed by atoms with Crippen LogP contribution in [-0.2, 0) is 5.88 Å². The monoisotopic (exact) mass is 268 g/mol. The Bertz CT molecular complexity index is 559. The highest BCUT2D eigenvalue weighted by Gasteiger charge is 2.12. The summed E-state index contributed by atoms with van der Waals surface area (Å²) in [6, 6.07) is 6.12. The van der Waals surface area contributed by atoms with Crippen LogP contribution in [0.15, 0.2) is 18.2 Å². The average Bonchev–Trinajstić information content (AvgIpc) is 2.57. The summed E-state index contributed by atoms with van der Waals surface area (Å²) >= 11 is 12.0. The van der Waals surface area contributed by atoms with E-state index in [0.29, 0.717) is 5.88 Å². The first-order valence-corrected chi connectivity index (χ1v) is 6.33. The zero-order valence-corrected chi connectivity index (χ0v) is 11.6. The van der Waals surface area contributed by atoms with Crippen molar-refractivity contribution in [1.82, 2.24) is 9.78 Å². The Hall–Kier alpha value is -0.990. The van der Waals surface area contributed by atoms with Crippen molar-refractivity contribution in [3.63, 3.8) is 0 Å². The molecule has 0 atom stereocenters. The Labute approximate surface area is 111 Å². The fourth-order valence-corrected chi connectivity index (χ4v) is 2.18. The molecule has 0 saturated heterocycles. The topological polar surface area (TPSA) is 17.8 Å². The molecule has 0 bridgehead atoms. The number of hydrogen-bond acceptors (Lipinski definition) is 1. The number of aryl methyl sites for hydroxylation is 2. The molecule has 0 aliphatic carbocycles. The summed E-state index contributed by atoms with van der Waals surface area (Å²) in [6.07, 6.45) is 0. The number of nitrogens with zero attached hydrogens (tertiary/aromatic N) is 2. The second kappa shape index (κ2) is 4.71. The van der Waals surface area contributed by atoms with E-state index >= 15 is 0 Å². The largest absolute Gasteiger partial charge is 0.236 e. The quantitative estimate of drug-likeness (QED) is 0.747. The molecule has 0 amide bonds. The van der Waals surface area contributed by atoms with Gasteiger partial charge in [0, 0.05) is 5.88 Å². The van der Waals surface area contributed by atoms with Crippen molar-refractivity contribution in [3.05, 3.63) is 45.7 Å². The Kier molecular flexibility index (Phi) is 3.45. The fourth-order valence-electron chi connectivity index (χ4n) is 1.90. The molecule has 0 aliphatic heterocycles. The van der Waals surface area contributed by atoms with Crippen LogP contribution in [0, 0.1) is 20.8 Å². The second-order valence-electron chi connectivity index (χ2n) is 4.15. The molecule has 1 aromatic heterocycles. The predicted octanol–water partition coefficient (Wildman–Crippen LogP) is 4.19. The zero-order valence-electron chi connectivity index (χ0n) is 10.1. The van der Waals surface area contributed by atoms with E-state index < -0.39 is 0 Å². The van der Waals surface area contributed by atoms with Crippen LogP contribution in [0.25, 0.3) is 5.69 Å². The molecule has 0 aliphatic rings. The third-order valence-corrected chi connectivity index (χ3v) is 3.70. The summed E-state index contributed by atoms with van der Waals surface area (Å²) in [6.45, 7) is 5.93. The number of halogens is 2. The molecule has 0 radical (unpaired) electrons. The molecule has 1 aromatic carbocycles. The molecule has 4 heteroatoms. The molecule has 0 saturated carbocycles. The lowest BCUT2D eigenvalue weighted by Gasteiger charge is -2.09. The van der Waals surface area contributed by atoms with Crippen molar-refractivity contribution in [1.29, 1.82) is 0 Å². The van der Waals surface area contributed by atoms with E-state index in [1.807, 2.05) is 30.7 Å². The Balaban J connectivity index is 2.57. The predicted molar refractivity (Wildman–Crippen MR) is 72.3 cm³/mol. The molecule has 2 nitrogen and oxygen atoms in total. The third-order valence-electron chi connectivity index (χ3n) is 2.85. The van der Waals surface area contributed by atoms with Gasteiger partial charge in [0.25, 0.3) is 0 Å². The molecule has 0 fully saturated rings. The molecule has 0 N–H and O–H groups in total. The van der Waals surface area contributed by atoms with Crippen LogP contribution in [0.4, 0.5) is 0 Å². The van der Waals surface area contributed by atoms with Gasteiger partial charge in [-0.2, -0.15) is 5.10 Å². The normalized spacial score (nSPS) is 10.9. The van der Waals surface area contributed by atoms with E-state index in [1.54, 1.807) is 0 Å². The summed E-state index contributed by atoms with van der Waals surface area (Å²) in [4.78, 5) is 0. The summed E-state index contributed by atoms with van der Waals surface area (Å²) in [5.74, 6) is 0.527. The van der Waals surface area contributed by atoms with E-state index in [2.05, 4.69) is 18.1 Å². The van der Waals surface area contributed by atoms with Crippen molar-refractivity contribution >= 4 is 23.2 Å². The van der Waals surface area contributed by atoms with Crippen LogP contribution in [0.2, 0.25) is 5.02 Å². The van der Waals surface area contributed by atoms with Gasteiger partial charge in [-0.05, 0) is 38.0 Å². The molecule has 1 heterocycles. The minimum Gasteiger partial charge on any atom is -0.236 e. The van der Waals surface area contributed by atoms with Crippen LogP contribution in [0.1, 0.15) is 22.5 Å². The first kappa shape index (κ1) is 12.5. The number of rotatable bonds is 2. The molecule has 2 aromatic rings. The van der Waals surface area contributed by atoms with E-state index in [-0.39, 0.29) is 0 Å². The third kappa shape index (κ3) is 2.20. The van der Waals surface area contributed by atoms with Crippen LogP contribution in [-0.4, -0.2) is 9.78 Å². The van der Waals surface area contributed by atoms with E-state index in [0.717, 1.165) is 33.2 Å². The van der Waals surface area contributed by atoms with Gasteiger partial charge in [-0.3, -0.25) is 0 Å². The van der Waals surface area contributed by atoms with Crippen molar-refractivity contribution in [3.8, 4) is 5.69 Å². The highest BCUT2D eigenvalue weighted by molar-refractivity contribution is 6.31. The van der Waals surface area contributed by atoms with Gasteiger partial charge < -0.3 is 0 Å². The number of hydrogen-bond donors (Lipinski definition) is 0. The SMILES string of the molecule is Cc1cc(CCl)ccc1-n1nc(C)c(Cl)c1C.